The number of aliphatic hydroxyl groups is 1. The Morgan fingerprint density at radius 1 is 1.24 bits per heavy atom. The van der Waals surface area contributed by atoms with Crippen molar-refractivity contribution in [3.05, 3.63) is 35.9 Å². The average molecular weight is 308 g/mol. The first-order valence-electron chi connectivity index (χ1n) is 8.18. The lowest BCUT2D eigenvalue weighted by Gasteiger charge is -2.34. The summed E-state index contributed by atoms with van der Waals surface area (Å²) in [6, 6.07) is 11.1. The van der Waals surface area contributed by atoms with Crippen LogP contribution in [0.3, 0.4) is 0 Å². The minimum Gasteiger partial charge on any atom is -0.394 e. The highest BCUT2D eigenvalue weighted by Gasteiger charge is 2.36. The molecule has 2 nitrogen and oxygen atoms in total. The van der Waals surface area contributed by atoms with Gasteiger partial charge in [-0.2, -0.15) is 11.8 Å². The van der Waals surface area contributed by atoms with Crippen LogP contribution >= 0.6 is 11.8 Å². The summed E-state index contributed by atoms with van der Waals surface area (Å²) in [7, 11) is 0. The maximum Gasteiger partial charge on any atom is 0.0679 e. The number of nitrogens with one attached hydrogen (secondary N) is 1. The van der Waals surface area contributed by atoms with Crippen LogP contribution in [0.4, 0.5) is 0 Å². The summed E-state index contributed by atoms with van der Waals surface area (Å²) >= 11 is 2.01. The largest absolute Gasteiger partial charge is 0.394 e. The van der Waals surface area contributed by atoms with Gasteiger partial charge in [0.05, 0.1) is 12.1 Å². The molecule has 0 aliphatic heterocycles. The van der Waals surface area contributed by atoms with Gasteiger partial charge in [-0.15, -0.1) is 0 Å². The predicted molar refractivity (Wildman–Crippen MR) is 92.8 cm³/mol. The summed E-state index contributed by atoms with van der Waals surface area (Å²) < 4.78 is 0. The third kappa shape index (κ3) is 5.32. The van der Waals surface area contributed by atoms with Crippen molar-refractivity contribution in [1.29, 1.82) is 0 Å². The molecule has 0 spiro atoms. The van der Waals surface area contributed by atoms with E-state index in [9.17, 15) is 5.11 Å². The van der Waals surface area contributed by atoms with Gasteiger partial charge in [-0.1, -0.05) is 44.2 Å². The highest BCUT2D eigenvalue weighted by atomic mass is 32.2. The molecule has 1 unspecified atom stereocenters. The molecule has 0 bridgehead atoms. The first-order chi connectivity index (χ1) is 10.2. The van der Waals surface area contributed by atoms with Gasteiger partial charge in [0.2, 0.25) is 0 Å². The third-order valence-corrected chi connectivity index (χ3v) is 5.18. The Balaban J connectivity index is 1.94. The lowest BCUT2D eigenvalue weighted by molar-refractivity contribution is 0.154. The summed E-state index contributed by atoms with van der Waals surface area (Å²) in [4.78, 5) is 0. The Morgan fingerprint density at radius 3 is 2.52 bits per heavy atom. The van der Waals surface area contributed by atoms with Crippen molar-refractivity contribution in [3.63, 3.8) is 0 Å². The highest BCUT2D eigenvalue weighted by Crippen LogP contribution is 2.32. The Labute approximate surface area is 133 Å². The van der Waals surface area contributed by atoms with Crippen LogP contribution in [0.5, 0.6) is 0 Å². The summed E-state index contributed by atoms with van der Waals surface area (Å²) in [5.74, 6) is 3.10. The second kappa shape index (κ2) is 8.21. The van der Waals surface area contributed by atoms with E-state index in [1.54, 1.807) is 0 Å². The first kappa shape index (κ1) is 16.9. The standard InChI is InChI=1S/C18H29NOS/c1-15(2)10-12-21-13-11-18(14-20,19-17-8-9-17)16-6-4-3-5-7-16/h3-7,15,17,19-20H,8-14H2,1-2H3. The molecule has 1 saturated carbocycles. The van der Waals surface area contributed by atoms with Crippen molar-refractivity contribution in [1.82, 2.24) is 5.32 Å². The molecule has 1 fully saturated rings. The summed E-state index contributed by atoms with van der Waals surface area (Å²) in [5, 5.41) is 13.8. The Morgan fingerprint density at radius 2 is 1.95 bits per heavy atom. The molecule has 1 atom stereocenters. The van der Waals surface area contributed by atoms with Crippen molar-refractivity contribution < 1.29 is 5.11 Å². The maximum atomic E-state index is 10.1. The van der Waals surface area contributed by atoms with E-state index in [1.165, 1.54) is 30.6 Å². The van der Waals surface area contributed by atoms with E-state index in [2.05, 4.69) is 43.4 Å². The van der Waals surface area contributed by atoms with E-state index in [1.807, 2.05) is 17.8 Å². The normalized spacial score (nSPS) is 17.9. The van der Waals surface area contributed by atoms with Gasteiger partial charge in [0, 0.05) is 6.04 Å². The second-order valence-electron chi connectivity index (χ2n) is 6.57. The third-order valence-electron chi connectivity index (χ3n) is 4.17. The fourth-order valence-electron chi connectivity index (χ4n) is 2.56. The van der Waals surface area contributed by atoms with Gasteiger partial charge in [-0.3, -0.25) is 0 Å². The number of benzene rings is 1. The number of hydrogen-bond acceptors (Lipinski definition) is 3. The molecule has 1 aromatic rings. The molecule has 0 radical (unpaired) electrons. The monoisotopic (exact) mass is 307 g/mol. The molecule has 0 saturated heterocycles. The van der Waals surface area contributed by atoms with Crippen LogP contribution in [0.15, 0.2) is 30.3 Å². The second-order valence-corrected chi connectivity index (χ2v) is 7.79. The minimum absolute atomic E-state index is 0.179. The quantitative estimate of drug-likeness (QED) is 0.645. The lowest BCUT2D eigenvalue weighted by Crippen LogP contribution is -2.47. The fraction of sp³-hybridized carbons (Fsp3) is 0.667. The van der Waals surface area contributed by atoms with E-state index in [4.69, 9.17) is 0 Å². The van der Waals surface area contributed by atoms with Crippen LogP contribution in [0.1, 0.15) is 45.1 Å². The molecule has 2 N–H and O–H groups in total. The van der Waals surface area contributed by atoms with Crippen LogP contribution in [0, 0.1) is 5.92 Å². The summed E-state index contributed by atoms with van der Waals surface area (Å²) in [5.41, 5.74) is 0.969. The Kier molecular flexibility index (Phi) is 6.59. The van der Waals surface area contributed by atoms with E-state index in [-0.39, 0.29) is 12.1 Å². The van der Waals surface area contributed by atoms with Crippen molar-refractivity contribution in [2.75, 3.05) is 18.1 Å². The Hall–Kier alpha value is -0.510. The SMILES string of the molecule is CC(C)CCSCCC(CO)(NC1CC1)c1ccccc1. The molecule has 2 rings (SSSR count). The van der Waals surface area contributed by atoms with E-state index < -0.39 is 0 Å². The fourth-order valence-corrected chi connectivity index (χ4v) is 3.89. The van der Waals surface area contributed by atoms with Gasteiger partial charge in [0.25, 0.3) is 0 Å². The first-order valence-corrected chi connectivity index (χ1v) is 9.33. The zero-order chi connectivity index (χ0) is 15.1. The molecule has 1 aromatic carbocycles. The van der Waals surface area contributed by atoms with Crippen LogP contribution in [-0.4, -0.2) is 29.3 Å². The smallest absolute Gasteiger partial charge is 0.0679 e. The predicted octanol–water partition coefficient (Wildman–Crippen LogP) is 3.80. The molecule has 1 aliphatic carbocycles. The van der Waals surface area contributed by atoms with Gasteiger partial charge in [-0.05, 0) is 48.7 Å². The summed E-state index contributed by atoms with van der Waals surface area (Å²) in [6.45, 7) is 4.73. The topological polar surface area (TPSA) is 32.3 Å². The van der Waals surface area contributed by atoms with E-state index in [0.29, 0.717) is 6.04 Å². The van der Waals surface area contributed by atoms with Gasteiger partial charge in [0.15, 0.2) is 0 Å². The van der Waals surface area contributed by atoms with Crippen LogP contribution in [-0.2, 0) is 5.54 Å². The minimum atomic E-state index is -0.257. The van der Waals surface area contributed by atoms with Crippen molar-refractivity contribution >= 4 is 11.8 Å². The molecule has 118 valence electrons. The molecular formula is C18H29NOS. The Bertz CT molecular complexity index is 405. The highest BCUT2D eigenvalue weighted by molar-refractivity contribution is 7.99. The molecular weight excluding hydrogens is 278 g/mol. The van der Waals surface area contributed by atoms with Gasteiger partial charge in [-0.25, -0.2) is 0 Å². The van der Waals surface area contributed by atoms with Crippen LogP contribution < -0.4 is 5.32 Å². The molecule has 1 aliphatic rings. The maximum absolute atomic E-state index is 10.1. The molecule has 0 amide bonds. The van der Waals surface area contributed by atoms with Gasteiger partial charge in [0.1, 0.15) is 0 Å². The zero-order valence-electron chi connectivity index (χ0n) is 13.3. The molecule has 21 heavy (non-hydrogen) atoms. The molecule has 3 heteroatoms. The van der Waals surface area contributed by atoms with Crippen molar-refractivity contribution in [2.45, 2.75) is 51.1 Å². The van der Waals surface area contributed by atoms with Crippen molar-refractivity contribution in [2.24, 2.45) is 5.92 Å². The number of hydrogen-bond donors (Lipinski definition) is 2. The zero-order valence-corrected chi connectivity index (χ0v) is 14.2. The van der Waals surface area contributed by atoms with Crippen molar-refractivity contribution in [3.8, 4) is 0 Å². The number of thioether (sulfide) groups is 1. The van der Waals surface area contributed by atoms with Crippen LogP contribution in [0.2, 0.25) is 0 Å². The number of rotatable bonds is 10. The van der Waals surface area contributed by atoms with Crippen LogP contribution in [0.25, 0.3) is 0 Å². The number of aliphatic hydroxyl groups excluding tert-OH is 1. The average Bonchev–Trinajstić information content (AvgIpc) is 3.30. The summed E-state index contributed by atoms with van der Waals surface area (Å²) in [6.07, 6.45) is 4.76. The molecule has 0 aromatic heterocycles. The molecule has 0 heterocycles. The van der Waals surface area contributed by atoms with Gasteiger partial charge < -0.3 is 10.4 Å². The van der Waals surface area contributed by atoms with Gasteiger partial charge >= 0.3 is 0 Å². The van der Waals surface area contributed by atoms with E-state index >= 15 is 0 Å². The lowest BCUT2D eigenvalue weighted by atomic mass is 9.87. The van der Waals surface area contributed by atoms with E-state index in [0.717, 1.165) is 18.1 Å².